The maximum Gasteiger partial charge on any atom is 0.253 e. The fourth-order valence-electron chi connectivity index (χ4n) is 1.88. The van der Waals surface area contributed by atoms with Gasteiger partial charge in [0.1, 0.15) is 0 Å². The number of carbonyl (C=O) groups excluding carboxylic acids is 1. The van der Waals surface area contributed by atoms with Gasteiger partial charge in [0.2, 0.25) is 0 Å². The molecule has 0 heterocycles. The summed E-state index contributed by atoms with van der Waals surface area (Å²) in [5.41, 5.74) is 0.762. The van der Waals surface area contributed by atoms with E-state index in [1.165, 1.54) is 12.8 Å². The standard InChI is InChI=1S/C13H16BrNO/c1-9(10-3-4-10)15(2)13(16)11-5-7-12(14)8-6-11/h5-10H,3-4H2,1-2H3. The van der Waals surface area contributed by atoms with Crippen LogP contribution in [0.2, 0.25) is 0 Å². The monoisotopic (exact) mass is 281 g/mol. The fourth-order valence-corrected chi connectivity index (χ4v) is 2.14. The van der Waals surface area contributed by atoms with E-state index in [9.17, 15) is 4.79 Å². The molecular formula is C13H16BrNO. The first-order valence-corrected chi connectivity index (χ1v) is 6.41. The molecule has 1 aromatic carbocycles. The Morgan fingerprint density at radius 3 is 2.44 bits per heavy atom. The van der Waals surface area contributed by atoms with Crippen molar-refractivity contribution >= 4 is 21.8 Å². The van der Waals surface area contributed by atoms with Gasteiger partial charge in [-0.1, -0.05) is 15.9 Å². The normalized spacial score (nSPS) is 16.9. The SMILES string of the molecule is CC(C1CC1)N(C)C(=O)c1ccc(Br)cc1. The van der Waals surface area contributed by atoms with Crippen molar-refractivity contribution in [2.75, 3.05) is 7.05 Å². The molecule has 2 rings (SSSR count). The summed E-state index contributed by atoms with van der Waals surface area (Å²) in [7, 11) is 1.90. The van der Waals surface area contributed by atoms with E-state index in [0.29, 0.717) is 12.0 Å². The summed E-state index contributed by atoms with van der Waals surface area (Å²) < 4.78 is 1.00. The Morgan fingerprint density at radius 1 is 1.38 bits per heavy atom. The zero-order valence-electron chi connectivity index (χ0n) is 9.61. The number of hydrogen-bond acceptors (Lipinski definition) is 1. The van der Waals surface area contributed by atoms with E-state index in [4.69, 9.17) is 0 Å². The van der Waals surface area contributed by atoms with E-state index in [1.807, 2.05) is 36.2 Å². The Hall–Kier alpha value is -0.830. The molecule has 2 nitrogen and oxygen atoms in total. The lowest BCUT2D eigenvalue weighted by molar-refractivity contribution is 0.0727. The maximum absolute atomic E-state index is 12.1. The summed E-state index contributed by atoms with van der Waals surface area (Å²) in [5.74, 6) is 0.830. The van der Waals surface area contributed by atoms with Crippen molar-refractivity contribution in [1.82, 2.24) is 4.90 Å². The number of carbonyl (C=O) groups is 1. The van der Waals surface area contributed by atoms with Crippen LogP contribution in [0.5, 0.6) is 0 Å². The molecular weight excluding hydrogens is 266 g/mol. The minimum Gasteiger partial charge on any atom is -0.339 e. The van der Waals surface area contributed by atoms with Crippen LogP contribution in [0.25, 0.3) is 0 Å². The number of benzene rings is 1. The summed E-state index contributed by atoms with van der Waals surface area (Å²) in [4.78, 5) is 14.0. The Balaban J connectivity index is 2.08. The van der Waals surface area contributed by atoms with Gasteiger partial charge in [-0.05, 0) is 49.9 Å². The minimum atomic E-state index is 0.118. The number of hydrogen-bond donors (Lipinski definition) is 0. The number of nitrogens with zero attached hydrogens (tertiary/aromatic N) is 1. The fraction of sp³-hybridized carbons (Fsp3) is 0.462. The van der Waals surface area contributed by atoms with Crippen LogP contribution in [-0.4, -0.2) is 23.9 Å². The van der Waals surface area contributed by atoms with Crippen LogP contribution in [-0.2, 0) is 0 Å². The van der Waals surface area contributed by atoms with Gasteiger partial charge in [0.05, 0.1) is 0 Å². The van der Waals surface area contributed by atoms with Crippen molar-refractivity contribution in [3.05, 3.63) is 34.3 Å². The highest BCUT2D eigenvalue weighted by Gasteiger charge is 2.32. The Labute approximate surface area is 105 Å². The van der Waals surface area contributed by atoms with Gasteiger partial charge in [-0.25, -0.2) is 0 Å². The highest BCUT2D eigenvalue weighted by atomic mass is 79.9. The summed E-state index contributed by atoms with van der Waals surface area (Å²) in [5, 5.41) is 0. The summed E-state index contributed by atoms with van der Waals surface area (Å²) in [6.45, 7) is 2.13. The predicted molar refractivity (Wildman–Crippen MR) is 68.4 cm³/mol. The lowest BCUT2D eigenvalue weighted by Crippen LogP contribution is -2.36. The van der Waals surface area contributed by atoms with E-state index in [1.54, 1.807) is 0 Å². The third-order valence-corrected chi connectivity index (χ3v) is 3.86. The topological polar surface area (TPSA) is 20.3 Å². The maximum atomic E-state index is 12.1. The number of halogens is 1. The van der Waals surface area contributed by atoms with Gasteiger partial charge in [-0.2, -0.15) is 0 Å². The van der Waals surface area contributed by atoms with Gasteiger partial charge >= 0.3 is 0 Å². The lowest BCUT2D eigenvalue weighted by Gasteiger charge is -2.24. The minimum absolute atomic E-state index is 0.118. The zero-order chi connectivity index (χ0) is 11.7. The third kappa shape index (κ3) is 2.46. The molecule has 0 N–H and O–H groups in total. The van der Waals surface area contributed by atoms with Crippen LogP contribution in [0, 0.1) is 5.92 Å². The molecule has 1 aliphatic rings. The predicted octanol–water partition coefficient (Wildman–Crippen LogP) is 3.32. The number of rotatable bonds is 3. The molecule has 1 amide bonds. The van der Waals surface area contributed by atoms with Gasteiger partial charge < -0.3 is 4.90 Å². The molecule has 1 atom stereocenters. The Morgan fingerprint density at radius 2 is 1.94 bits per heavy atom. The van der Waals surface area contributed by atoms with E-state index in [-0.39, 0.29) is 5.91 Å². The second-order valence-corrected chi connectivity index (χ2v) is 5.42. The van der Waals surface area contributed by atoms with E-state index in [0.717, 1.165) is 10.0 Å². The van der Waals surface area contributed by atoms with Crippen molar-refractivity contribution in [3.63, 3.8) is 0 Å². The molecule has 3 heteroatoms. The summed E-state index contributed by atoms with van der Waals surface area (Å²) in [6.07, 6.45) is 2.53. The highest BCUT2D eigenvalue weighted by Crippen LogP contribution is 2.35. The molecule has 16 heavy (non-hydrogen) atoms. The molecule has 0 aliphatic heterocycles. The molecule has 1 unspecified atom stereocenters. The van der Waals surface area contributed by atoms with E-state index >= 15 is 0 Å². The Kier molecular flexibility index (Phi) is 3.33. The van der Waals surface area contributed by atoms with Crippen molar-refractivity contribution < 1.29 is 4.79 Å². The van der Waals surface area contributed by atoms with Gasteiger partial charge in [-0.15, -0.1) is 0 Å². The highest BCUT2D eigenvalue weighted by molar-refractivity contribution is 9.10. The van der Waals surface area contributed by atoms with Crippen molar-refractivity contribution in [3.8, 4) is 0 Å². The molecule has 0 bridgehead atoms. The van der Waals surface area contributed by atoms with Crippen molar-refractivity contribution in [1.29, 1.82) is 0 Å². The van der Waals surface area contributed by atoms with Crippen LogP contribution in [0.4, 0.5) is 0 Å². The van der Waals surface area contributed by atoms with Gasteiger partial charge in [0.15, 0.2) is 0 Å². The molecule has 0 saturated heterocycles. The quantitative estimate of drug-likeness (QED) is 0.832. The average molecular weight is 282 g/mol. The van der Waals surface area contributed by atoms with Crippen LogP contribution >= 0.6 is 15.9 Å². The molecule has 1 saturated carbocycles. The van der Waals surface area contributed by atoms with Gasteiger partial charge in [-0.3, -0.25) is 4.79 Å². The zero-order valence-corrected chi connectivity index (χ0v) is 11.2. The molecule has 86 valence electrons. The molecule has 0 radical (unpaired) electrons. The molecule has 1 aliphatic carbocycles. The second kappa shape index (κ2) is 4.58. The van der Waals surface area contributed by atoms with Crippen molar-refractivity contribution in [2.45, 2.75) is 25.8 Å². The van der Waals surface area contributed by atoms with E-state index in [2.05, 4.69) is 22.9 Å². The molecule has 1 fully saturated rings. The average Bonchev–Trinajstić information content (AvgIpc) is 3.11. The smallest absolute Gasteiger partial charge is 0.253 e. The van der Waals surface area contributed by atoms with Crippen LogP contribution in [0.1, 0.15) is 30.1 Å². The molecule has 1 aromatic rings. The van der Waals surface area contributed by atoms with Gasteiger partial charge in [0, 0.05) is 23.1 Å². The summed E-state index contributed by atoms with van der Waals surface area (Å²) >= 11 is 3.37. The van der Waals surface area contributed by atoms with Crippen LogP contribution in [0.15, 0.2) is 28.7 Å². The first-order chi connectivity index (χ1) is 7.59. The van der Waals surface area contributed by atoms with Crippen LogP contribution < -0.4 is 0 Å². The Bertz CT molecular complexity index is 383. The lowest BCUT2D eigenvalue weighted by atomic mass is 10.1. The van der Waals surface area contributed by atoms with E-state index < -0.39 is 0 Å². The second-order valence-electron chi connectivity index (χ2n) is 4.50. The van der Waals surface area contributed by atoms with Crippen LogP contribution in [0.3, 0.4) is 0 Å². The summed E-state index contributed by atoms with van der Waals surface area (Å²) in [6, 6.07) is 7.90. The van der Waals surface area contributed by atoms with Gasteiger partial charge in [0.25, 0.3) is 5.91 Å². The number of amides is 1. The first kappa shape index (κ1) is 11.6. The molecule has 0 spiro atoms. The first-order valence-electron chi connectivity index (χ1n) is 5.62. The molecule has 0 aromatic heterocycles. The van der Waals surface area contributed by atoms with Crippen molar-refractivity contribution in [2.24, 2.45) is 5.92 Å². The largest absolute Gasteiger partial charge is 0.339 e. The third-order valence-electron chi connectivity index (χ3n) is 3.33.